The average Bonchev–Trinajstić information content (AvgIpc) is 3.24. The molecular weight excluding hydrogens is 384 g/mol. The first kappa shape index (κ1) is 18.7. The monoisotopic (exact) mass is 408 g/mol. The number of hydrogen-bond donors (Lipinski definition) is 0. The zero-order valence-electron chi connectivity index (χ0n) is 16.3. The highest BCUT2D eigenvalue weighted by Crippen LogP contribution is 2.46. The molecule has 150 valence electrons. The normalized spacial score (nSPS) is 26.3. The maximum Gasteiger partial charge on any atom is 0.254 e. The SMILES string of the molecule is O=C(C1CCC1)N1C[C@H]2CN(C(=O)c3cccc(Cl)c3)[C@H](c3ccccc3)[C@H]2C1. The Kier molecular flexibility index (Phi) is 4.83. The van der Waals surface area contributed by atoms with Crippen LogP contribution in [0.3, 0.4) is 0 Å². The van der Waals surface area contributed by atoms with Crippen molar-refractivity contribution in [3.8, 4) is 0 Å². The van der Waals surface area contributed by atoms with Crippen LogP contribution in [0.15, 0.2) is 54.6 Å². The van der Waals surface area contributed by atoms with Gasteiger partial charge in [0.1, 0.15) is 0 Å². The van der Waals surface area contributed by atoms with Crippen molar-refractivity contribution < 1.29 is 9.59 Å². The van der Waals surface area contributed by atoms with E-state index in [-0.39, 0.29) is 23.8 Å². The molecule has 29 heavy (non-hydrogen) atoms. The molecule has 3 aliphatic rings. The van der Waals surface area contributed by atoms with Crippen LogP contribution in [0.1, 0.15) is 41.2 Å². The minimum Gasteiger partial charge on any atom is -0.342 e. The highest BCUT2D eigenvalue weighted by Gasteiger charge is 2.50. The van der Waals surface area contributed by atoms with Gasteiger partial charge in [-0.15, -0.1) is 0 Å². The van der Waals surface area contributed by atoms with Crippen molar-refractivity contribution in [2.45, 2.75) is 25.3 Å². The summed E-state index contributed by atoms with van der Waals surface area (Å²) in [5.74, 6) is 1.18. The summed E-state index contributed by atoms with van der Waals surface area (Å²) in [6.07, 6.45) is 3.24. The first-order valence-electron chi connectivity index (χ1n) is 10.5. The number of carbonyl (C=O) groups is 2. The molecule has 0 radical (unpaired) electrons. The lowest BCUT2D eigenvalue weighted by molar-refractivity contribution is -0.137. The topological polar surface area (TPSA) is 40.6 Å². The molecule has 5 rings (SSSR count). The van der Waals surface area contributed by atoms with Crippen LogP contribution in [0.2, 0.25) is 5.02 Å². The van der Waals surface area contributed by atoms with Gasteiger partial charge in [-0.05, 0) is 36.6 Å². The van der Waals surface area contributed by atoms with Gasteiger partial charge in [0.25, 0.3) is 5.91 Å². The van der Waals surface area contributed by atoms with Gasteiger partial charge < -0.3 is 9.80 Å². The molecule has 0 bridgehead atoms. The Bertz CT molecular complexity index is 927. The third kappa shape index (κ3) is 3.33. The highest BCUT2D eigenvalue weighted by molar-refractivity contribution is 6.30. The molecule has 2 aliphatic heterocycles. The highest BCUT2D eigenvalue weighted by atomic mass is 35.5. The lowest BCUT2D eigenvalue weighted by Crippen LogP contribution is -2.41. The summed E-state index contributed by atoms with van der Waals surface area (Å²) in [4.78, 5) is 30.3. The molecule has 2 saturated heterocycles. The van der Waals surface area contributed by atoms with E-state index in [0.29, 0.717) is 29.0 Å². The third-order valence-electron chi connectivity index (χ3n) is 6.90. The Balaban J connectivity index is 1.43. The largest absolute Gasteiger partial charge is 0.342 e. The summed E-state index contributed by atoms with van der Waals surface area (Å²) in [5, 5.41) is 0.573. The molecule has 3 fully saturated rings. The number of nitrogens with zero attached hydrogens (tertiary/aromatic N) is 2. The molecule has 0 unspecified atom stereocenters. The van der Waals surface area contributed by atoms with Gasteiger partial charge in [-0.1, -0.05) is 54.4 Å². The molecule has 2 aromatic rings. The quantitative estimate of drug-likeness (QED) is 0.754. The summed E-state index contributed by atoms with van der Waals surface area (Å²) in [5.41, 5.74) is 1.77. The molecule has 0 spiro atoms. The zero-order valence-corrected chi connectivity index (χ0v) is 17.1. The van der Waals surface area contributed by atoms with Crippen LogP contribution in [-0.4, -0.2) is 41.2 Å². The number of hydrogen-bond acceptors (Lipinski definition) is 2. The Labute approximate surface area is 176 Å². The molecule has 1 aliphatic carbocycles. The van der Waals surface area contributed by atoms with Crippen LogP contribution in [-0.2, 0) is 4.79 Å². The van der Waals surface area contributed by atoms with Crippen molar-refractivity contribution >= 4 is 23.4 Å². The predicted octanol–water partition coefficient (Wildman–Crippen LogP) is 4.41. The first-order valence-corrected chi connectivity index (χ1v) is 10.9. The van der Waals surface area contributed by atoms with Gasteiger partial charge >= 0.3 is 0 Å². The van der Waals surface area contributed by atoms with E-state index >= 15 is 0 Å². The fraction of sp³-hybridized carbons (Fsp3) is 0.417. The van der Waals surface area contributed by atoms with Crippen molar-refractivity contribution in [3.05, 3.63) is 70.7 Å². The molecule has 2 amide bonds. The van der Waals surface area contributed by atoms with E-state index in [4.69, 9.17) is 11.6 Å². The number of carbonyl (C=O) groups excluding carboxylic acids is 2. The smallest absolute Gasteiger partial charge is 0.254 e. The number of fused-ring (bicyclic) bond motifs is 1. The zero-order chi connectivity index (χ0) is 20.0. The molecule has 3 atom stereocenters. The second kappa shape index (κ2) is 7.49. The van der Waals surface area contributed by atoms with E-state index in [1.54, 1.807) is 12.1 Å². The van der Waals surface area contributed by atoms with E-state index in [2.05, 4.69) is 17.0 Å². The lowest BCUT2D eigenvalue weighted by Gasteiger charge is -2.32. The Morgan fingerprint density at radius 1 is 0.931 bits per heavy atom. The van der Waals surface area contributed by atoms with Crippen molar-refractivity contribution in [3.63, 3.8) is 0 Å². The number of benzene rings is 2. The summed E-state index contributed by atoms with van der Waals surface area (Å²) in [6.45, 7) is 2.20. The number of likely N-dealkylation sites (tertiary alicyclic amines) is 2. The average molecular weight is 409 g/mol. The number of rotatable bonds is 3. The minimum atomic E-state index is -0.00753. The third-order valence-corrected chi connectivity index (χ3v) is 7.14. The number of halogens is 1. The van der Waals surface area contributed by atoms with Crippen LogP contribution in [0.4, 0.5) is 0 Å². The van der Waals surface area contributed by atoms with E-state index in [9.17, 15) is 9.59 Å². The van der Waals surface area contributed by atoms with Crippen LogP contribution in [0.25, 0.3) is 0 Å². The van der Waals surface area contributed by atoms with E-state index in [0.717, 1.165) is 31.5 Å². The lowest BCUT2D eigenvalue weighted by atomic mass is 9.84. The van der Waals surface area contributed by atoms with Crippen molar-refractivity contribution in [1.29, 1.82) is 0 Å². The van der Waals surface area contributed by atoms with Gasteiger partial charge in [-0.25, -0.2) is 0 Å². The van der Waals surface area contributed by atoms with Crippen molar-refractivity contribution in [2.24, 2.45) is 17.8 Å². The van der Waals surface area contributed by atoms with Crippen LogP contribution in [0, 0.1) is 17.8 Å². The summed E-state index contributed by atoms with van der Waals surface area (Å²) >= 11 is 6.13. The van der Waals surface area contributed by atoms with E-state index in [1.807, 2.05) is 35.2 Å². The van der Waals surface area contributed by atoms with Gasteiger partial charge in [-0.2, -0.15) is 0 Å². The second-order valence-corrected chi connectivity index (χ2v) is 9.05. The van der Waals surface area contributed by atoms with E-state index in [1.165, 1.54) is 6.42 Å². The molecule has 5 heteroatoms. The van der Waals surface area contributed by atoms with Gasteiger partial charge in [0.05, 0.1) is 6.04 Å². The van der Waals surface area contributed by atoms with Gasteiger partial charge in [-0.3, -0.25) is 9.59 Å². The first-order chi connectivity index (χ1) is 14.1. The Morgan fingerprint density at radius 2 is 1.72 bits per heavy atom. The molecule has 4 nitrogen and oxygen atoms in total. The van der Waals surface area contributed by atoms with E-state index < -0.39 is 0 Å². The maximum atomic E-state index is 13.4. The fourth-order valence-electron chi connectivity index (χ4n) is 5.21. The minimum absolute atomic E-state index is 0.00753. The van der Waals surface area contributed by atoms with Crippen LogP contribution >= 0.6 is 11.6 Å². The molecule has 1 saturated carbocycles. The maximum absolute atomic E-state index is 13.4. The van der Waals surface area contributed by atoms with Gasteiger partial charge in [0.2, 0.25) is 5.91 Å². The fourth-order valence-corrected chi connectivity index (χ4v) is 5.40. The van der Waals surface area contributed by atoms with Crippen molar-refractivity contribution in [1.82, 2.24) is 9.80 Å². The molecule has 0 aromatic heterocycles. The van der Waals surface area contributed by atoms with Gasteiger partial charge in [0.15, 0.2) is 0 Å². The second-order valence-electron chi connectivity index (χ2n) is 8.62. The summed E-state index contributed by atoms with van der Waals surface area (Å²) in [7, 11) is 0. The van der Waals surface area contributed by atoms with Crippen molar-refractivity contribution in [2.75, 3.05) is 19.6 Å². The number of amides is 2. The summed E-state index contributed by atoms with van der Waals surface area (Å²) < 4.78 is 0. The molecule has 2 heterocycles. The van der Waals surface area contributed by atoms with Crippen LogP contribution < -0.4 is 0 Å². The van der Waals surface area contributed by atoms with Crippen LogP contribution in [0.5, 0.6) is 0 Å². The predicted molar refractivity (Wildman–Crippen MR) is 113 cm³/mol. The molecular formula is C24H25ClN2O2. The Hall–Kier alpha value is -2.33. The molecule has 2 aromatic carbocycles. The Morgan fingerprint density at radius 3 is 2.41 bits per heavy atom. The van der Waals surface area contributed by atoms with Gasteiger partial charge in [0, 0.05) is 48.0 Å². The standard InChI is InChI=1S/C24H25ClN2O2/c25-20-11-5-10-18(12-20)24(29)27-14-19-13-26(23(28)17-8-4-9-17)15-21(19)22(27)16-6-2-1-3-7-16/h1-3,5-7,10-12,17,19,21-22H,4,8-9,13-15H2/t19-,21-,22+/m0/s1. The summed E-state index contributed by atoms with van der Waals surface area (Å²) in [6, 6.07) is 17.4. The molecule has 0 N–H and O–H groups in total.